The molecule has 0 bridgehead atoms. The van der Waals surface area contributed by atoms with E-state index in [-0.39, 0.29) is 0 Å². The molecule has 1 aliphatic rings. The molecule has 6 nitrogen and oxygen atoms in total. The van der Waals surface area contributed by atoms with Crippen molar-refractivity contribution in [2.45, 2.75) is 23.7 Å². The standard InChI is InChI=1S/C16H22N4O2S/c1-19(2)14-4-3-5-15(12-14)23(21,22)20-10-6-13(7-11-20)16-17-8-9-18-16/h3-5,8-9,12-13H,6-7,10-11H2,1-2H3,(H,17,18). The first kappa shape index (κ1) is 16.0. The molecule has 2 heterocycles. The van der Waals surface area contributed by atoms with Gasteiger partial charge in [-0.05, 0) is 31.0 Å². The lowest BCUT2D eigenvalue weighted by molar-refractivity contribution is 0.314. The average molecular weight is 334 g/mol. The zero-order valence-electron chi connectivity index (χ0n) is 13.4. The number of H-pyrrole nitrogens is 1. The van der Waals surface area contributed by atoms with Crippen LogP contribution in [0.3, 0.4) is 0 Å². The lowest BCUT2D eigenvalue weighted by Gasteiger charge is -2.30. The van der Waals surface area contributed by atoms with Gasteiger partial charge in [-0.3, -0.25) is 0 Å². The van der Waals surface area contributed by atoms with E-state index in [0.29, 0.717) is 23.9 Å². The normalized spacial score (nSPS) is 17.3. The first-order chi connectivity index (χ1) is 11.0. The summed E-state index contributed by atoms with van der Waals surface area (Å²) in [5.74, 6) is 1.27. The van der Waals surface area contributed by atoms with E-state index in [0.717, 1.165) is 24.4 Å². The highest BCUT2D eigenvalue weighted by molar-refractivity contribution is 7.89. The van der Waals surface area contributed by atoms with Crippen LogP contribution in [-0.2, 0) is 10.0 Å². The topological polar surface area (TPSA) is 69.3 Å². The zero-order chi connectivity index (χ0) is 16.4. The summed E-state index contributed by atoms with van der Waals surface area (Å²) in [6, 6.07) is 7.09. The smallest absolute Gasteiger partial charge is 0.243 e. The molecule has 1 aliphatic heterocycles. The minimum absolute atomic E-state index is 0.310. The van der Waals surface area contributed by atoms with Gasteiger partial charge in [-0.25, -0.2) is 13.4 Å². The molecule has 124 valence electrons. The van der Waals surface area contributed by atoms with E-state index in [1.165, 1.54) is 0 Å². The number of nitrogens with one attached hydrogen (secondary N) is 1. The van der Waals surface area contributed by atoms with Crippen molar-refractivity contribution in [2.75, 3.05) is 32.1 Å². The monoisotopic (exact) mass is 334 g/mol. The predicted molar refractivity (Wildman–Crippen MR) is 90.1 cm³/mol. The highest BCUT2D eigenvalue weighted by Crippen LogP contribution is 2.29. The Kier molecular flexibility index (Phi) is 4.41. The highest BCUT2D eigenvalue weighted by atomic mass is 32.2. The van der Waals surface area contributed by atoms with Crippen LogP contribution in [0.5, 0.6) is 0 Å². The van der Waals surface area contributed by atoms with Crippen LogP contribution >= 0.6 is 0 Å². The number of imidazole rings is 1. The first-order valence-electron chi connectivity index (χ1n) is 7.75. The van der Waals surface area contributed by atoms with Gasteiger partial charge in [0.2, 0.25) is 10.0 Å². The minimum atomic E-state index is -3.43. The molecule has 0 spiro atoms. The molecule has 0 unspecified atom stereocenters. The van der Waals surface area contributed by atoms with Gasteiger partial charge in [0.1, 0.15) is 5.82 Å². The maximum Gasteiger partial charge on any atom is 0.243 e. The number of aromatic nitrogens is 2. The summed E-state index contributed by atoms with van der Waals surface area (Å²) < 4.78 is 27.3. The van der Waals surface area contributed by atoms with Crippen LogP contribution in [0.1, 0.15) is 24.6 Å². The summed E-state index contributed by atoms with van der Waals surface area (Å²) >= 11 is 0. The Hall–Kier alpha value is -1.86. The number of piperidine rings is 1. The molecule has 7 heteroatoms. The third-order valence-corrected chi connectivity index (χ3v) is 6.23. The van der Waals surface area contributed by atoms with Gasteiger partial charge in [-0.15, -0.1) is 0 Å². The molecule has 0 radical (unpaired) electrons. The summed E-state index contributed by atoms with van der Waals surface area (Å²) in [6.07, 6.45) is 5.14. The van der Waals surface area contributed by atoms with Crippen molar-refractivity contribution in [1.29, 1.82) is 0 Å². The third kappa shape index (κ3) is 3.25. The number of nitrogens with zero attached hydrogens (tertiary/aromatic N) is 3. The van der Waals surface area contributed by atoms with Crippen molar-refractivity contribution in [1.82, 2.24) is 14.3 Å². The largest absolute Gasteiger partial charge is 0.378 e. The van der Waals surface area contributed by atoms with E-state index in [1.807, 2.05) is 31.3 Å². The Morgan fingerprint density at radius 3 is 2.61 bits per heavy atom. The Morgan fingerprint density at radius 1 is 1.26 bits per heavy atom. The first-order valence-corrected chi connectivity index (χ1v) is 9.19. The fraction of sp³-hybridized carbons (Fsp3) is 0.438. The lowest BCUT2D eigenvalue weighted by atomic mass is 9.98. The molecule has 1 N–H and O–H groups in total. The molecule has 2 aromatic rings. The fourth-order valence-electron chi connectivity index (χ4n) is 2.94. The van der Waals surface area contributed by atoms with Gasteiger partial charge in [-0.2, -0.15) is 4.31 Å². The number of benzene rings is 1. The molecule has 1 fully saturated rings. The van der Waals surface area contributed by atoms with E-state index >= 15 is 0 Å². The van der Waals surface area contributed by atoms with Crippen LogP contribution in [0.4, 0.5) is 5.69 Å². The average Bonchev–Trinajstić information content (AvgIpc) is 3.09. The van der Waals surface area contributed by atoms with E-state index in [4.69, 9.17) is 0 Å². The maximum atomic E-state index is 12.8. The lowest BCUT2D eigenvalue weighted by Crippen LogP contribution is -2.38. The maximum absolute atomic E-state index is 12.8. The Balaban J connectivity index is 1.75. The molecule has 0 saturated carbocycles. The van der Waals surface area contributed by atoms with Gasteiger partial charge >= 0.3 is 0 Å². The SMILES string of the molecule is CN(C)c1cccc(S(=O)(=O)N2CCC(c3ncc[nH]3)CC2)c1. The number of hydrogen-bond acceptors (Lipinski definition) is 4. The third-order valence-electron chi connectivity index (χ3n) is 4.33. The van der Waals surface area contributed by atoms with Gasteiger partial charge in [0.05, 0.1) is 4.90 Å². The molecule has 0 atom stereocenters. The molecule has 0 aliphatic carbocycles. The van der Waals surface area contributed by atoms with Gasteiger partial charge in [0.15, 0.2) is 0 Å². The summed E-state index contributed by atoms with van der Waals surface area (Å²) in [4.78, 5) is 9.68. The summed E-state index contributed by atoms with van der Waals surface area (Å²) in [7, 11) is 0.372. The van der Waals surface area contributed by atoms with Crippen molar-refractivity contribution in [3.63, 3.8) is 0 Å². The molecular formula is C16H22N4O2S. The number of anilines is 1. The zero-order valence-corrected chi connectivity index (χ0v) is 14.3. The second-order valence-corrected chi connectivity index (χ2v) is 7.98. The molecule has 23 heavy (non-hydrogen) atoms. The molecule has 1 saturated heterocycles. The molecule has 0 amide bonds. The van der Waals surface area contributed by atoms with E-state index in [1.54, 1.807) is 28.7 Å². The van der Waals surface area contributed by atoms with Crippen LogP contribution in [-0.4, -0.2) is 49.9 Å². The number of sulfonamides is 1. The van der Waals surface area contributed by atoms with Crippen LogP contribution in [0.25, 0.3) is 0 Å². The Bertz CT molecular complexity index is 748. The van der Waals surface area contributed by atoms with Crippen molar-refractivity contribution >= 4 is 15.7 Å². The Labute approximate surface area is 137 Å². The molecule has 1 aromatic heterocycles. The molecule has 3 rings (SSSR count). The number of hydrogen-bond donors (Lipinski definition) is 1. The van der Waals surface area contributed by atoms with Crippen LogP contribution in [0, 0.1) is 0 Å². The fourth-order valence-corrected chi connectivity index (χ4v) is 4.45. The van der Waals surface area contributed by atoms with Crippen molar-refractivity contribution in [3.05, 3.63) is 42.5 Å². The van der Waals surface area contributed by atoms with Gasteiger partial charge in [-0.1, -0.05) is 6.07 Å². The van der Waals surface area contributed by atoms with E-state index < -0.39 is 10.0 Å². The van der Waals surface area contributed by atoms with Crippen molar-refractivity contribution in [2.24, 2.45) is 0 Å². The van der Waals surface area contributed by atoms with Crippen molar-refractivity contribution < 1.29 is 8.42 Å². The number of rotatable bonds is 4. The van der Waals surface area contributed by atoms with E-state index in [2.05, 4.69) is 9.97 Å². The quantitative estimate of drug-likeness (QED) is 0.929. The predicted octanol–water partition coefficient (Wildman–Crippen LogP) is 2.04. The van der Waals surface area contributed by atoms with Crippen LogP contribution in [0.2, 0.25) is 0 Å². The Morgan fingerprint density at radius 2 is 2.00 bits per heavy atom. The summed E-state index contributed by atoms with van der Waals surface area (Å²) in [5, 5.41) is 0. The summed E-state index contributed by atoms with van der Waals surface area (Å²) in [5.41, 5.74) is 0.886. The number of aromatic amines is 1. The van der Waals surface area contributed by atoms with Crippen LogP contribution < -0.4 is 4.90 Å². The molecular weight excluding hydrogens is 312 g/mol. The second kappa shape index (κ2) is 6.33. The molecule has 1 aromatic carbocycles. The van der Waals surface area contributed by atoms with Gasteiger partial charge in [0.25, 0.3) is 0 Å². The van der Waals surface area contributed by atoms with Gasteiger partial charge < -0.3 is 9.88 Å². The van der Waals surface area contributed by atoms with E-state index in [9.17, 15) is 8.42 Å². The van der Waals surface area contributed by atoms with Crippen molar-refractivity contribution in [3.8, 4) is 0 Å². The van der Waals surface area contributed by atoms with Gasteiger partial charge in [0, 0.05) is 51.2 Å². The second-order valence-electron chi connectivity index (χ2n) is 6.04. The van der Waals surface area contributed by atoms with Crippen LogP contribution in [0.15, 0.2) is 41.6 Å². The summed E-state index contributed by atoms with van der Waals surface area (Å²) in [6.45, 7) is 1.06. The highest BCUT2D eigenvalue weighted by Gasteiger charge is 2.30. The minimum Gasteiger partial charge on any atom is -0.378 e.